The van der Waals surface area contributed by atoms with Gasteiger partial charge in [-0.05, 0) is 43.6 Å². The molecule has 0 aliphatic rings. The summed E-state index contributed by atoms with van der Waals surface area (Å²) in [4.78, 5) is 0. The van der Waals surface area contributed by atoms with Gasteiger partial charge in [0.1, 0.15) is 0 Å². The molecule has 1 heterocycles. The second kappa shape index (κ2) is 3.42. The average molecular weight is 247 g/mol. The quantitative estimate of drug-likeness (QED) is 0.868. The van der Waals surface area contributed by atoms with Crippen molar-refractivity contribution in [1.82, 2.24) is 9.78 Å². The molecule has 1 N–H and O–H groups in total. The Bertz CT molecular complexity index is 285. The normalized spacial score (nSPS) is 14.6. The summed E-state index contributed by atoms with van der Waals surface area (Å²) in [6.07, 6.45) is 1.46. The predicted octanol–water partition coefficient (Wildman–Crippen LogP) is 2.07. The third-order valence-corrected chi connectivity index (χ3v) is 3.23. The molecule has 0 saturated carbocycles. The Hall–Kier alpha value is -0.350. The zero-order valence-electron chi connectivity index (χ0n) is 8.37. The molecule has 0 spiro atoms. The van der Waals surface area contributed by atoms with Gasteiger partial charge < -0.3 is 5.11 Å². The smallest absolute Gasteiger partial charge is 0.0827 e. The van der Waals surface area contributed by atoms with Crippen LogP contribution in [0.1, 0.15) is 26.5 Å². The molecule has 0 aliphatic carbocycles. The van der Waals surface area contributed by atoms with E-state index in [1.165, 1.54) is 0 Å². The Labute approximate surface area is 86.9 Å². The largest absolute Gasteiger partial charge is 0.391 e. The van der Waals surface area contributed by atoms with Crippen molar-refractivity contribution in [2.24, 2.45) is 0 Å². The molecular weight excluding hydrogens is 232 g/mol. The highest BCUT2D eigenvalue weighted by molar-refractivity contribution is 9.10. The minimum atomic E-state index is -0.432. The second-order valence-corrected chi connectivity index (χ2v) is 4.69. The zero-order chi connectivity index (χ0) is 10.2. The van der Waals surface area contributed by atoms with E-state index in [4.69, 9.17) is 0 Å². The number of hydrogen-bond acceptors (Lipinski definition) is 2. The first-order valence-corrected chi connectivity index (χ1v) is 5.05. The maximum absolute atomic E-state index is 9.56. The minimum Gasteiger partial charge on any atom is -0.391 e. The number of aliphatic hydroxyl groups is 1. The van der Waals surface area contributed by atoms with Gasteiger partial charge in [-0.15, -0.1) is 0 Å². The van der Waals surface area contributed by atoms with E-state index in [-0.39, 0.29) is 5.54 Å². The SMILES string of the molecule is Cc1nn(C(C)(C)C(C)O)cc1Br. The number of nitrogens with zero attached hydrogens (tertiary/aromatic N) is 2. The van der Waals surface area contributed by atoms with Gasteiger partial charge in [0.2, 0.25) is 0 Å². The summed E-state index contributed by atoms with van der Waals surface area (Å²) in [6, 6.07) is 0. The van der Waals surface area contributed by atoms with Crippen LogP contribution in [0.3, 0.4) is 0 Å². The van der Waals surface area contributed by atoms with Gasteiger partial charge in [-0.25, -0.2) is 0 Å². The monoisotopic (exact) mass is 246 g/mol. The lowest BCUT2D eigenvalue weighted by atomic mass is 9.99. The molecule has 0 fully saturated rings. The summed E-state index contributed by atoms with van der Waals surface area (Å²) in [5.41, 5.74) is 0.574. The van der Waals surface area contributed by atoms with E-state index in [9.17, 15) is 5.11 Å². The molecule has 1 atom stereocenters. The lowest BCUT2D eigenvalue weighted by Crippen LogP contribution is -2.38. The van der Waals surface area contributed by atoms with Crippen molar-refractivity contribution in [2.75, 3.05) is 0 Å². The third kappa shape index (κ3) is 1.94. The van der Waals surface area contributed by atoms with Crippen molar-refractivity contribution in [3.8, 4) is 0 Å². The van der Waals surface area contributed by atoms with Gasteiger partial charge in [0, 0.05) is 6.20 Å². The first kappa shape index (κ1) is 10.7. The van der Waals surface area contributed by atoms with Crippen LogP contribution in [0.4, 0.5) is 0 Å². The van der Waals surface area contributed by atoms with Gasteiger partial charge in [0.25, 0.3) is 0 Å². The predicted molar refractivity (Wildman–Crippen MR) is 55.7 cm³/mol. The molecule has 0 aliphatic heterocycles. The molecule has 74 valence electrons. The van der Waals surface area contributed by atoms with Crippen LogP contribution in [0.15, 0.2) is 10.7 Å². The molecule has 0 radical (unpaired) electrons. The Kier molecular flexibility index (Phi) is 2.82. The summed E-state index contributed by atoms with van der Waals surface area (Å²) in [5.74, 6) is 0. The fourth-order valence-corrected chi connectivity index (χ4v) is 1.20. The van der Waals surface area contributed by atoms with E-state index in [1.807, 2.05) is 27.0 Å². The van der Waals surface area contributed by atoms with Crippen molar-refractivity contribution in [2.45, 2.75) is 39.3 Å². The summed E-state index contributed by atoms with van der Waals surface area (Å²) >= 11 is 3.39. The zero-order valence-corrected chi connectivity index (χ0v) is 9.96. The van der Waals surface area contributed by atoms with Crippen molar-refractivity contribution in [3.63, 3.8) is 0 Å². The van der Waals surface area contributed by atoms with Gasteiger partial charge in [-0.2, -0.15) is 5.10 Å². The summed E-state index contributed by atoms with van der Waals surface area (Å²) in [7, 11) is 0. The van der Waals surface area contributed by atoms with Crippen LogP contribution in [0, 0.1) is 6.92 Å². The van der Waals surface area contributed by atoms with Crippen LogP contribution in [-0.2, 0) is 5.54 Å². The van der Waals surface area contributed by atoms with Crippen molar-refractivity contribution in [3.05, 3.63) is 16.4 Å². The third-order valence-electron chi connectivity index (χ3n) is 2.45. The number of halogens is 1. The fraction of sp³-hybridized carbons (Fsp3) is 0.667. The van der Waals surface area contributed by atoms with Crippen LogP contribution >= 0.6 is 15.9 Å². The van der Waals surface area contributed by atoms with Gasteiger partial charge in [-0.1, -0.05) is 0 Å². The minimum absolute atomic E-state index is 0.364. The number of aromatic nitrogens is 2. The topological polar surface area (TPSA) is 38.0 Å². The molecule has 1 aromatic rings. The highest BCUT2D eigenvalue weighted by atomic mass is 79.9. The van der Waals surface area contributed by atoms with Gasteiger partial charge in [0.15, 0.2) is 0 Å². The fourth-order valence-electron chi connectivity index (χ4n) is 0.926. The number of hydrogen-bond donors (Lipinski definition) is 1. The first-order valence-electron chi connectivity index (χ1n) is 4.26. The molecule has 1 aromatic heterocycles. The van der Waals surface area contributed by atoms with Crippen molar-refractivity contribution in [1.29, 1.82) is 0 Å². The van der Waals surface area contributed by atoms with Crippen molar-refractivity contribution >= 4 is 15.9 Å². The van der Waals surface area contributed by atoms with E-state index < -0.39 is 6.10 Å². The van der Waals surface area contributed by atoms with Crippen LogP contribution in [0.2, 0.25) is 0 Å². The Morgan fingerprint density at radius 3 is 2.46 bits per heavy atom. The number of rotatable bonds is 2. The van der Waals surface area contributed by atoms with E-state index >= 15 is 0 Å². The molecular formula is C9H15BrN2O. The molecule has 0 amide bonds. The van der Waals surface area contributed by atoms with E-state index in [0.29, 0.717) is 0 Å². The van der Waals surface area contributed by atoms with Gasteiger partial charge in [0.05, 0.1) is 21.8 Å². The van der Waals surface area contributed by atoms with Crippen LogP contribution < -0.4 is 0 Å². The number of aryl methyl sites for hydroxylation is 1. The lowest BCUT2D eigenvalue weighted by molar-refractivity contribution is 0.0644. The Balaban J connectivity index is 3.07. The van der Waals surface area contributed by atoms with E-state index in [0.717, 1.165) is 10.2 Å². The highest BCUT2D eigenvalue weighted by Gasteiger charge is 2.27. The van der Waals surface area contributed by atoms with E-state index in [2.05, 4.69) is 21.0 Å². The number of aliphatic hydroxyl groups excluding tert-OH is 1. The maximum atomic E-state index is 9.56. The highest BCUT2D eigenvalue weighted by Crippen LogP contribution is 2.23. The Morgan fingerprint density at radius 1 is 1.62 bits per heavy atom. The Morgan fingerprint density at radius 2 is 2.15 bits per heavy atom. The molecule has 0 saturated heterocycles. The molecule has 13 heavy (non-hydrogen) atoms. The standard InChI is InChI=1S/C9H15BrN2O/c1-6-8(10)5-12(11-6)9(3,4)7(2)13/h5,7,13H,1-4H3. The van der Waals surface area contributed by atoms with Crippen LogP contribution in [0.5, 0.6) is 0 Å². The van der Waals surface area contributed by atoms with Gasteiger partial charge in [-0.3, -0.25) is 4.68 Å². The molecule has 1 unspecified atom stereocenters. The van der Waals surface area contributed by atoms with Crippen LogP contribution in [-0.4, -0.2) is 21.0 Å². The molecule has 0 aromatic carbocycles. The first-order chi connectivity index (χ1) is 5.85. The second-order valence-electron chi connectivity index (χ2n) is 3.84. The maximum Gasteiger partial charge on any atom is 0.0827 e. The summed E-state index contributed by atoms with van der Waals surface area (Å²) in [6.45, 7) is 7.61. The summed E-state index contributed by atoms with van der Waals surface area (Å²) < 4.78 is 2.76. The van der Waals surface area contributed by atoms with E-state index in [1.54, 1.807) is 11.6 Å². The molecule has 4 heteroatoms. The molecule has 0 bridgehead atoms. The summed E-state index contributed by atoms with van der Waals surface area (Å²) in [5, 5.41) is 13.9. The molecule has 3 nitrogen and oxygen atoms in total. The lowest BCUT2D eigenvalue weighted by Gasteiger charge is -2.28. The van der Waals surface area contributed by atoms with Crippen LogP contribution in [0.25, 0.3) is 0 Å². The van der Waals surface area contributed by atoms with Crippen molar-refractivity contribution < 1.29 is 5.11 Å². The van der Waals surface area contributed by atoms with Gasteiger partial charge >= 0.3 is 0 Å². The molecule has 1 rings (SSSR count). The average Bonchev–Trinajstić information content (AvgIpc) is 2.32.